The molecular formula is C17H18O4. The quantitative estimate of drug-likeness (QED) is 0.675. The van der Waals surface area contributed by atoms with E-state index in [1.807, 2.05) is 30.3 Å². The first kappa shape index (κ1) is 14.8. The van der Waals surface area contributed by atoms with Crippen LogP contribution in [0.4, 0.5) is 0 Å². The van der Waals surface area contributed by atoms with Gasteiger partial charge in [-0.05, 0) is 18.2 Å². The third-order valence-corrected chi connectivity index (χ3v) is 3.09. The van der Waals surface area contributed by atoms with E-state index in [0.717, 1.165) is 11.1 Å². The summed E-state index contributed by atoms with van der Waals surface area (Å²) in [6.45, 7) is 0. The van der Waals surface area contributed by atoms with Crippen LogP contribution < -0.4 is 4.74 Å². The lowest BCUT2D eigenvalue weighted by atomic mass is 10.1. The number of hydrogen-bond donors (Lipinski definition) is 1. The highest BCUT2D eigenvalue weighted by atomic mass is 16.5. The monoisotopic (exact) mass is 286 g/mol. The Kier molecular flexibility index (Phi) is 4.72. The summed E-state index contributed by atoms with van der Waals surface area (Å²) in [6.07, 6.45) is 0. The van der Waals surface area contributed by atoms with Crippen LogP contribution in [0.5, 0.6) is 11.5 Å². The Balaban J connectivity index is 2.58. The second kappa shape index (κ2) is 6.70. The molecule has 0 spiro atoms. The van der Waals surface area contributed by atoms with Crippen molar-refractivity contribution >= 4 is 11.5 Å². The second-order valence-electron chi connectivity index (χ2n) is 4.32. The number of methoxy groups -OCH3 is 3. The third kappa shape index (κ3) is 3.11. The zero-order valence-corrected chi connectivity index (χ0v) is 12.3. The highest BCUT2D eigenvalue weighted by Gasteiger charge is 2.15. The topological polar surface area (TPSA) is 47.9 Å². The van der Waals surface area contributed by atoms with Crippen molar-refractivity contribution in [2.75, 3.05) is 21.3 Å². The van der Waals surface area contributed by atoms with Crippen molar-refractivity contribution in [3.63, 3.8) is 0 Å². The van der Waals surface area contributed by atoms with Crippen LogP contribution in [0.25, 0.3) is 11.5 Å². The smallest absolute Gasteiger partial charge is 0.168 e. The molecule has 0 aliphatic heterocycles. The van der Waals surface area contributed by atoms with Crippen LogP contribution in [0.1, 0.15) is 11.1 Å². The van der Waals surface area contributed by atoms with Gasteiger partial charge in [0.25, 0.3) is 0 Å². The van der Waals surface area contributed by atoms with Gasteiger partial charge in [-0.3, -0.25) is 0 Å². The third-order valence-electron chi connectivity index (χ3n) is 3.09. The molecule has 0 atom stereocenters. The predicted octanol–water partition coefficient (Wildman–Crippen LogP) is 3.52. The normalized spacial score (nSPS) is 11.6. The molecule has 0 aliphatic carbocycles. The maximum atomic E-state index is 9.69. The standard InChI is InChI=1S/C17H18O4/c1-19-15-11-13(9-10-14(15)18)17(21-3)16(20-2)12-7-5-4-6-8-12/h4-11,18H,1-3H3. The molecule has 0 fully saturated rings. The first-order valence-corrected chi connectivity index (χ1v) is 6.46. The largest absolute Gasteiger partial charge is 0.504 e. The molecule has 0 saturated heterocycles. The van der Waals surface area contributed by atoms with Crippen LogP contribution in [-0.2, 0) is 9.47 Å². The summed E-state index contributed by atoms with van der Waals surface area (Å²) in [5, 5.41) is 9.69. The summed E-state index contributed by atoms with van der Waals surface area (Å²) < 4.78 is 16.1. The molecule has 110 valence electrons. The summed E-state index contributed by atoms with van der Waals surface area (Å²) in [7, 11) is 4.68. The van der Waals surface area contributed by atoms with Gasteiger partial charge in [-0.1, -0.05) is 30.3 Å². The van der Waals surface area contributed by atoms with Gasteiger partial charge in [-0.2, -0.15) is 0 Å². The van der Waals surface area contributed by atoms with Gasteiger partial charge in [-0.25, -0.2) is 0 Å². The van der Waals surface area contributed by atoms with E-state index < -0.39 is 0 Å². The minimum atomic E-state index is 0.0791. The Labute approximate surface area is 124 Å². The molecule has 1 N–H and O–H groups in total. The van der Waals surface area contributed by atoms with Gasteiger partial charge in [0.2, 0.25) is 0 Å². The van der Waals surface area contributed by atoms with Gasteiger partial charge in [0, 0.05) is 11.1 Å². The maximum absolute atomic E-state index is 9.69. The van der Waals surface area contributed by atoms with Gasteiger partial charge in [0.15, 0.2) is 23.0 Å². The average molecular weight is 286 g/mol. The van der Waals surface area contributed by atoms with Gasteiger partial charge in [0.1, 0.15) is 0 Å². The average Bonchev–Trinajstić information content (AvgIpc) is 2.54. The molecule has 4 heteroatoms. The summed E-state index contributed by atoms with van der Waals surface area (Å²) in [5.41, 5.74) is 1.66. The zero-order chi connectivity index (χ0) is 15.2. The lowest BCUT2D eigenvalue weighted by Gasteiger charge is -2.15. The van der Waals surface area contributed by atoms with Crippen LogP contribution in [-0.4, -0.2) is 26.4 Å². The number of hydrogen-bond acceptors (Lipinski definition) is 4. The van der Waals surface area contributed by atoms with Crippen molar-refractivity contribution in [3.05, 3.63) is 59.7 Å². The molecule has 0 bridgehead atoms. The summed E-state index contributed by atoms with van der Waals surface area (Å²) >= 11 is 0. The zero-order valence-electron chi connectivity index (χ0n) is 12.3. The van der Waals surface area contributed by atoms with E-state index >= 15 is 0 Å². The molecule has 4 nitrogen and oxygen atoms in total. The molecule has 2 aromatic rings. The molecule has 21 heavy (non-hydrogen) atoms. The maximum Gasteiger partial charge on any atom is 0.168 e. The highest BCUT2D eigenvalue weighted by Crippen LogP contribution is 2.33. The SMILES string of the molecule is COC(=C(OC)c1ccc(O)c(OC)c1)c1ccccc1. The summed E-state index contributed by atoms with van der Waals surface area (Å²) in [6, 6.07) is 14.7. The van der Waals surface area contributed by atoms with Gasteiger partial charge in [0.05, 0.1) is 21.3 Å². The first-order valence-electron chi connectivity index (χ1n) is 6.46. The lowest BCUT2D eigenvalue weighted by Crippen LogP contribution is -1.97. The number of aromatic hydroxyl groups is 1. The number of benzene rings is 2. The van der Waals surface area contributed by atoms with Gasteiger partial charge < -0.3 is 19.3 Å². The minimum absolute atomic E-state index is 0.0791. The molecule has 0 amide bonds. The van der Waals surface area contributed by atoms with Crippen LogP contribution in [0.15, 0.2) is 48.5 Å². The van der Waals surface area contributed by atoms with Crippen LogP contribution in [0.3, 0.4) is 0 Å². The Morgan fingerprint density at radius 2 is 1.43 bits per heavy atom. The van der Waals surface area contributed by atoms with E-state index in [4.69, 9.17) is 14.2 Å². The van der Waals surface area contributed by atoms with E-state index in [9.17, 15) is 5.11 Å². The summed E-state index contributed by atoms with van der Waals surface area (Å²) in [4.78, 5) is 0. The molecule has 0 aliphatic rings. The molecule has 0 aromatic heterocycles. The molecule has 0 heterocycles. The predicted molar refractivity (Wildman–Crippen MR) is 81.9 cm³/mol. The van der Waals surface area contributed by atoms with Crippen molar-refractivity contribution in [2.24, 2.45) is 0 Å². The number of ether oxygens (including phenoxy) is 3. The first-order chi connectivity index (χ1) is 10.2. The molecule has 2 rings (SSSR count). The second-order valence-corrected chi connectivity index (χ2v) is 4.32. The van der Waals surface area contributed by atoms with Crippen molar-refractivity contribution < 1.29 is 19.3 Å². The fourth-order valence-corrected chi connectivity index (χ4v) is 2.09. The Morgan fingerprint density at radius 1 is 0.810 bits per heavy atom. The van der Waals surface area contributed by atoms with E-state index in [2.05, 4.69) is 0 Å². The van der Waals surface area contributed by atoms with Crippen molar-refractivity contribution in [1.82, 2.24) is 0 Å². The fourth-order valence-electron chi connectivity index (χ4n) is 2.09. The van der Waals surface area contributed by atoms with Gasteiger partial charge in [-0.15, -0.1) is 0 Å². The lowest BCUT2D eigenvalue weighted by molar-refractivity contribution is 0.327. The number of phenolic OH excluding ortho intramolecular Hbond substituents is 1. The Bertz CT molecular complexity index is 632. The fraction of sp³-hybridized carbons (Fsp3) is 0.176. The van der Waals surface area contributed by atoms with Gasteiger partial charge >= 0.3 is 0 Å². The minimum Gasteiger partial charge on any atom is -0.504 e. The Hall–Kier alpha value is -2.62. The van der Waals surface area contributed by atoms with E-state index in [0.29, 0.717) is 17.3 Å². The summed E-state index contributed by atoms with van der Waals surface area (Å²) in [5.74, 6) is 1.65. The molecule has 0 unspecified atom stereocenters. The highest BCUT2D eigenvalue weighted by molar-refractivity contribution is 5.84. The molecule has 0 radical (unpaired) electrons. The number of phenols is 1. The van der Waals surface area contributed by atoms with Crippen LogP contribution >= 0.6 is 0 Å². The van der Waals surface area contributed by atoms with Crippen molar-refractivity contribution in [3.8, 4) is 11.5 Å². The van der Waals surface area contributed by atoms with E-state index in [1.54, 1.807) is 32.4 Å². The molecule has 2 aromatic carbocycles. The van der Waals surface area contributed by atoms with Crippen molar-refractivity contribution in [1.29, 1.82) is 0 Å². The Morgan fingerprint density at radius 3 is 2.00 bits per heavy atom. The van der Waals surface area contributed by atoms with E-state index in [-0.39, 0.29) is 5.75 Å². The molecule has 0 saturated carbocycles. The van der Waals surface area contributed by atoms with Crippen LogP contribution in [0.2, 0.25) is 0 Å². The van der Waals surface area contributed by atoms with Crippen LogP contribution in [0, 0.1) is 0 Å². The van der Waals surface area contributed by atoms with Crippen molar-refractivity contribution in [2.45, 2.75) is 0 Å². The molecular weight excluding hydrogens is 268 g/mol. The number of rotatable bonds is 5. The van der Waals surface area contributed by atoms with E-state index in [1.165, 1.54) is 7.11 Å².